The molecule has 21 heavy (non-hydrogen) atoms. The highest BCUT2D eigenvalue weighted by Gasteiger charge is 2.12. The smallest absolute Gasteiger partial charge is 0.138 e. The van der Waals surface area contributed by atoms with E-state index < -0.39 is 0 Å². The van der Waals surface area contributed by atoms with Crippen LogP contribution in [0.25, 0.3) is 10.2 Å². The second kappa shape index (κ2) is 6.68. The molecule has 3 aromatic rings. The van der Waals surface area contributed by atoms with Crippen LogP contribution in [0.5, 0.6) is 0 Å². The molecule has 0 saturated heterocycles. The highest BCUT2D eigenvalue weighted by atomic mass is 32.1. The molecule has 1 N–H and O–H groups in total. The molecule has 0 aliphatic rings. The third kappa shape index (κ3) is 3.39. The van der Waals surface area contributed by atoms with Gasteiger partial charge in [-0.05, 0) is 29.9 Å². The molecule has 0 fully saturated rings. The lowest BCUT2D eigenvalue weighted by Gasteiger charge is -2.19. The molecule has 4 heteroatoms. The average molecular weight is 297 g/mol. The van der Waals surface area contributed by atoms with E-state index in [-0.39, 0.29) is 0 Å². The van der Waals surface area contributed by atoms with Crippen LogP contribution in [0.3, 0.4) is 0 Å². The van der Waals surface area contributed by atoms with Crippen molar-refractivity contribution in [2.75, 3.05) is 5.32 Å². The monoisotopic (exact) mass is 297 g/mol. The van der Waals surface area contributed by atoms with Crippen LogP contribution in [-0.2, 0) is 6.42 Å². The first-order valence-electron chi connectivity index (χ1n) is 7.35. The molecule has 1 unspecified atom stereocenters. The van der Waals surface area contributed by atoms with Crippen LogP contribution in [0.15, 0.2) is 48.1 Å². The van der Waals surface area contributed by atoms with Crippen molar-refractivity contribution in [3.05, 3.63) is 53.7 Å². The Morgan fingerprint density at radius 3 is 2.81 bits per heavy atom. The standard InChI is InChI=1S/C17H19N3S/c1-2-6-14(11-13-7-4-3-5-8-13)20-16-15-9-10-21-17(15)19-12-18-16/h3-5,7-10,12,14H,2,6,11H2,1H3,(H,18,19,20). The summed E-state index contributed by atoms with van der Waals surface area (Å²) in [5, 5.41) is 6.80. The van der Waals surface area contributed by atoms with Gasteiger partial charge in [-0.1, -0.05) is 43.7 Å². The molecular weight excluding hydrogens is 278 g/mol. The van der Waals surface area contributed by atoms with Gasteiger partial charge in [0.1, 0.15) is 17.0 Å². The normalized spacial score (nSPS) is 12.4. The Morgan fingerprint density at radius 1 is 1.14 bits per heavy atom. The number of anilines is 1. The minimum Gasteiger partial charge on any atom is -0.366 e. The average Bonchev–Trinajstić information content (AvgIpc) is 2.98. The Balaban J connectivity index is 1.80. The van der Waals surface area contributed by atoms with Gasteiger partial charge < -0.3 is 5.32 Å². The molecule has 3 rings (SSSR count). The second-order valence-corrected chi connectivity index (χ2v) is 6.08. The van der Waals surface area contributed by atoms with Crippen LogP contribution >= 0.6 is 11.3 Å². The Morgan fingerprint density at radius 2 is 2.00 bits per heavy atom. The van der Waals surface area contributed by atoms with Gasteiger partial charge in [-0.3, -0.25) is 0 Å². The summed E-state index contributed by atoms with van der Waals surface area (Å²) in [6.07, 6.45) is 4.95. The lowest BCUT2D eigenvalue weighted by Crippen LogP contribution is -2.22. The van der Waals surface area contributed by atoms with Gasteiger partial charge in [-0.25, -0.2) is 9.97 Å². The number of fused-ring (bicyclic) bond motifs is 1. The summed E-state index contributed by atoms with van der Waals surface area (Å²) in [7, 11) is 0. The van der Waals surface area contributed by atoms with Crippen molar-refractivity contribution in [3.63, 3.8) is 0 Å². The molecule has 2 aromatic heterocycles. The summed E-state index contributed by atoms with van der Waals surface area (Å²) < 4.78 is 0. The minimum absolute atomic E-state index is 0.399. The van der Waals surface area contributed by atoms with Crippen LogP contribution in [0.2, 0.25) is 0 Å². The minimum atomic E-state index is 0.399. The summed E-state index contributed by atoms with van der Waals surface area (Å²) in [6.45, 7) is 2.22. The van der Waals surface area contributed by atoms with Gasteiger partial charge in [0.25, 0.3) is 0 Å². The van der Waals surface area contributed by atoms with Crippen LogP contribution in [0.4, 0.5) is 5.82 Å². The zero-order valence-corrected chi connectivity index (χ0v) is 12.9. The lowest BCUT2D eigenvalue weighted by atomic mass is 10.0. The Bertz CT molecular complexity index is 693. The summed E-state index contributed by atoms with van der Waals surface area (Å²) in [5.41, 5.74) is 1.36. The van der Waals surface area contributed by atoms with Crippen molar-refractivity contribution in [2.45, 2.75) is 32.2 Å². The van der Waals surface area contributed by atoms with E-state index in [1.54, 1.807) is 17.7 Å². The van der Waals surface area contributed by atoms with Gasteiger partial charge in [0.15, 0.2) is 0 Å². The van der Waals surface area contributed by atoms with Crippen LogP contribution < -0.4 is 5.32 Å². The van der Waals surface area contributed by atoms with E-state index in [2.05, 4.69) is 64.0 Å². The fraction of sp³-hybridized carbons (Fsp3) is 0.294. The number of aromatic nitrogens is 2. The molecular formula is C17H19N3S. The highest BCUT2D eigenvalue weighted by molar-refractivity contribution is 7.16. The van der Waals surface area contributed by atoms with Crippen molar-refractivity contribution >= 4 is 27.4 Å². The van der Waals surface area contributed by atoms with E-state index in [4.69, 9.17) is 0 Å². The van der Waals surface area contributed by atoms with E-state index in [0.717, 1.165) is 35.3 Å². The predicted octanol–water partition coefficient (Wildman–Crippen LogP) is 4.51. The number of rotatable bonds is 6. The van der Waals surface area contributed by atoms with E-state index in [9.17, 15) is 0 Å². The maximum atomic E-state index is 4.43. The van der Waals surface area contributed by atoms with Crippen LogP contribution in [0, 0.1) is 0 Å². The SMILES string of the molecule is CCCC(Cc1ccccc1)Nc1ncnc2sccc12. The highest BCUT2D eigenvalue weighted by Crippen LogP contribution is 2.25. The molecule has 0 aliphatic heterocycles. The van der Waals surface area contributed by atoms with Gasteiger partial charge in [-0.2, -0.15) is 0 Å². The first kappa shape index (κ1) is 14.0. The lowest BCUT2D eigenvalue weighted by molar-refractivity contribution is 0.635. The molecule has 0 aliphatic carbocycles. The Hall–Kier alpha value is -1.94. The molecule has 0 bridgehead atoms. The zero-order valence-electron chi connectivity index (χ0n) is 12.1. The van der Waals surface area contributed by atoms with Gasteiger partial charge >= 0.3 is 0 Å². The second-order valence-electron chi connectivity index (χ2n) is 5.18. The fourth-order valence-electron chi connectivity index (χ4n) is 2.57. The first-order chi connectivity index (χ1) is 10.4. The molecule has 3 nitrogen and oxygen atoms in total. The quantitative estimate of drug-likeness (QED) is 0.727. The largest absolute Gasteiger partial charge is 0.366 e. The molecule has 1 aromatic carbocycles. The number of hydrogen-bond donors (Lipinski definition) is 1. The summed E-state index contributed by atoms with van der Waals surface area (Å²) in [4.78, 5) is 9.78. The van der Waals surface area contributed by atoms with E-state index in [0.29, 0.717) is 6.04 Å². The third-order valence-electron chi connectivity index (χ3n) is 3.56. The van der Waals surface area contributed by atoms with Gasteiger partial charge in [0, 0.05) is 6.04 Å². The molecule has 2 heterocycles. The number of nitrogens with one attached hydrogen (secondary N) is 1. The molecule has 108 valence electrons. The zero-order chi connectivity index (χ0) is 14.5. The number of benzene rings is 1. The Labute approximate surface area is 129 Å². The van der Waals surface area contributed by atoms with Crippen molar-refractivity contribution in [2.24, 2.45) is 0 Å². The van der Waals surface area contributed by atoms with Crippen molar-refractivity contribution in [1.29, 1.82) is 0 Å². The fourth-order valence-corrected chi connectivity index (χ4v) is 3.30. The number of hydrogen-bond acceptors (Lipinski definition) is 4. The van der Waals surface area contributed by atoms with Crippen molar-refractivity contribution < 1.29 is 0 Å². The summed E-state index contributed by atoms with van der Waals surface area (Å²) in [6, 6.07) is 13.1. The summed E-state index contributed by atoms with van der Waals surface area (Å²) >= 11 is 1.65. The van der Waals surface area contributed by atoms with Crippen LogP contribution in [0.1, 0.15) is 25.3 Å². The summed E-state index contributed by atoms with van der Waals surface area (Å²) in [5.74, 6) is 0.954. The molecule has 0 saturated carbocycles. The van der Waals surface area contributed by atoms with E-state index >= 15 is 0 Å². The topological polar surface area (TPSA) is 37.8 Å². The van der Waals surface area contributed by atoms with Gasteiger partial charge in [0.05, 0.1) is 5.39 Å². The maximum Gasteiger partial charge on any atom is 0.138 e. The molecule has 0 radical (unpaired) electrons. The predicted molar refractivity (Wildman–Crippen MR) is 89.9 cm³/mol. The maximum absolute atomic E-state index is 4.43. The molecule has 0 spiro atoms. The van der Waals surface area contributed by atoms with E-state index in [1.165, 1.54) is 5.56 Å². The van der Waals surface area contributed by atoms with Crippen LogP contribution in [-0.4, -0.2) is 16.0 Å². The van der Waals surface area contributed by atoms with Crippen molar-refractivity contribution in [3.8, 4) is 0 Å². The Kier molecular flexibility index (Phi) is 4.46. The van der Waals surface area contributed by atoms with E-state index in [1.807, 2.05) is 0 Å². The molecule has 0 amide bonds. The van der Waals surface area contributed by atoms with Gasteiger partial charge in [0.2, 0.25) is 0 Å². The van der Waals surface area contributed by atoms with Gasteiger partial charge in [-0.15, -0.1) is 11.3 Å². The number of thiophene rings is 1. The first-order valence-corrected chi connectivity index (χ1v) is 8.23. The van der Waals surface area contributed by atoms with Crippen molar-refractivity contribution in [1.82, 2.24) is 9.97 Å². The molecule has 1 atom stereocenters. The third-order valence-corrected chi connectivity index (χ3v) is 4.39. The number of nitrogens with zero attached hydrogens (tertiary/aromatic N) is 2.